The number of benzene rings is 1. The van der Waals surface area contributed by atoms with Crippen LogP contribution in [0.25, 0.3) is 5.70 Å². The lowest BCUT2D eigenvalue weighted by Gasteiger charge is -2.43. The van der Waals surface area contributed by atoms with Crippen LogP contribution >= 0.6 is 0 Å². The second-order valence-electron chi connectivity index (χ2n) is 9.44. The SMILES string of the molecule is C=C(Nc1ccc(C(=C)N2CCN(C)CC2c2cncnc2)c(N2CCCC2)c1)C1CC1. The Morgan fingerprint density at radius 1 is 1.03 bits per heavy atom. The molecule has 2 saturated heterocycles. The van der Waals surface area contributed by atoms with Crippen LogP contribution in [0.1, 0.15) is 42.9 Å². The quantitative estimate of drug-likeness (QED) is 0.704. The minimum Gasteiger partial charge on any atom is -0.371 e. The highest BCUT2D eigenvalue weighted by Gasteiger charge is 2.30. The third-order valence-corrected chi connectivity index (χ3v) is 7.03. The zero-order valence-corrected chi connectivity index (χ0v) is 19.1. The summed E-state index contributed by atoms with van der Waals surface area (Å²) in [5, 5.41) is 3.57. The van der Waals surface area contributed by atoms with Crippen molar-refractivity contribution in [1.82, 2.24) is 19.8 Å². The van der Waals surface area contributed by atoms with E-state index in [0.29, 0.717) is 5.92 Å². The molecule has 6 nitrogen and oxygen atoms in total. The predicted molar refractivity (Wildman–Crippen MR) is 131 cm³/mol. The van der Waals surface area contributed by atoms with Crippen molar-refractivity contribution in [2.24, 2.45) is 5.92 Å². The van der Waals surface area contributed by atoms with Gasteiger partial charge in [-0.2, -0.15) is 0 Å². The molecule has 0 amide bonds. The zero-order chi connectivity index (χ0) is 22.1. The van der Waals surface area contributed by atoms with Crippen LogP contribution in [0.5, 0.6) is 0 Å². The van der Waals surface area contributed by atoms with Gasteiger partial charge in [-0.1, -0.05) is 13.2 Å². The molecule has 32 heavy (non-hydrogen) atoms. The van der Waals surface area contributed by atoms with Crippen LogP contribution in [-0.4, -0.2) is 59.5 Å². The molecule has 1 aromatic heterocycles. The molecule has 5 rings (SSSR count). The van der Waals surface area contributed by atoms with E-state index in [4.69, 9.17) is 0 Å². The van der Waals surface area contributed by atoms with Crippen molar-refractivity contribution in [3.8, 4) is 0 Å². The Balaban J connectivity index is 1.46. The molecule has 1 unspecified atom stereocenters. The summed E-state index contributed by atoms with van der Waals surface area (Å²) in [4.78, 5) is 15.9. The van der Waals surface area contributed by atoms with E-state index in [2.05, 4.69) is 68.4 Å². The van der Waals surface area contributed by atoms with Crippen molar-refractivity contribution in [1.29, 1.82) is 0 Å². The van der Waals surface area contributed by atoms with E-state index in [1.807, 2.05) is 12.4 Å². The van der Waals surface area contributed by atoms with Gasteiger partial charge in [0, 0.05) is 79.0 Å². The van der Waals surface area contributed by atoms with E-state index in [1.54, 1.807) is 6.33 Å². The molecule has 1 aromatic carbocycles. The van der Waals surface area contributed by atoms with E-state index in [1.165, 1.54) is 36.9 Å². The Morgan fingerprint density at radius 3 is 2.50 bits per heavy atom. The van der Waals surface area contributed by atoms with Gasteiger partial charge in [0.1, 0.15) is 6.33 Å². The fourth-order valence-electron chi connectivity index (χ4n) is 4.96. The van der Waals surface area contributed by atoms with Crippen LogP contribution in [0.2, 0.25) is 0 Å². The van der Waals surface area contributed by atoms with Crippen molar-refractivity contribution >= 4 is 17.1 Å². The number of nitrogens with zero attached hydrogens (tertiary/aromatic N) is 5. The first-order chi connectivity index (χ1) is 15.6. The number of nitrogens with one attached hydrogen (secondary N) is 1. The monoisotopic (exact) mass is 430 g/mol. The third kappa shape index (κ3) is 4.37. The van der Waals surface area contributed by atoms with Gasteiger partial charge in [-0.15, -0.1) is 0 Å². The lowest BCUT2D eigenvalue weighted by molar-refractivity contribution is 0.142. The summed E-state index contributed by atoms with van der Waals surface area (Å²) in [6, 6.07) is 6.93. The molecule has 1 saturated carbocycles. The van der Waals surface area contributed by atoms with Crippen LogP contribution in [0, 0.1) is 5.92 Å². The molecular formula is C26H34N6. The fraction of sp³-hybridized carbons (Fsp3) is 0.462. The van der Waals surface area contributed by atoms with Gasteiger partial charge in [0.05, 0.1) is 6.04 Å². The Bertz CT molecular complexity index is 977. The maximum Gasteiger partial charge on any atom is 0.115 e. The van der Waals surface area contributed by atoms with Crippen LogP contribution in [0.4, 0.5) is 11.4 Å². The molecule has 1 N–H and O–H groups in total. The molecule has 0 radical (unpaired) electrons. The average molecular weight is 431 g/mol. The molecule has 3 heterocycles. The number of likely N-dealkylation sites (N-methyl/N-ethyl adjacent to an activating group) is 1. The van der Waals surface area contributed by atoms with Gasteiger partial charge in [-0.3, -0.25) is 0 Å². The summed E-state index contributed by atoms with van der Waals surface area (Å²) < 4.78 is 0. The number of hydrogen-bond acceptors (Lipinski definition) is 6. The third-order valence-electron chi connectivity index (χ3n) is 7.03. The topological polar surface area (TPSA) is 47.5 Å². The number of rotatable bonds is 7. The van der Waals surface area contributed by atoms with Gasteiger partial charge in [-0.05, 0) is 56.8 Å². The average Bonchev–Trinajstić information content (AvgIpc) is 3.53. The number of piperazine rings is 1. The van der Waals surface area contributed by atoms with Gasteiger partial charge in [0.15, 0.2) is 0 Å². The highest BCUT2D eigenvalue weighted by molar-refractivity contribution is 5.78. The molecule has 0 bridgehead atoms. The van der Waals surface area contributed by atoms with Crippen molar-refractivity contribution in [2.45, 2.75) is 31.7 Å². The number of anilines is 2. The van der Waals surface area contributed by atoms with Crippen LogP contribution < -0.4 is 10.2 Å². The van der Waals surface area contributed by atoms with E-state index in [9.17, 15) is 0 Å². The standard InChI is InChI=1S/C26H34N6/c1-19(21-6-7-21)29-23-8-9-24(25(14-23)31-10-4-5-11-31)20(2)32-13-12-30(3)17-26(32)22-15-27-18-28-16-22/h8-9,14-16,18,21,26,29H,1-2,4-7,10-13,17H2,3H3. The Morgan fingerprint density at radius 2 is 1.78 bits per heavy atom. The molecule has 3 fully saturated rings. The highest BCUT2D eigenvalue weighted by atomic mass is 15.3. The molecule has 2 aromatic rings. The van der Waals surface area contributed by atoms with Crippen molar-refractivity contribution in [3.05, 3.63) is 66.9 Å². The number of hydrogen-bond donors (Lipinski definition) is 1. The minimum absolute atomic E-state index is 0.196. The Labute approximate surface area is 191 Å². The van der Waals surface area contributed by atoms with E-state index in [0.717, 1.165) is 55.4 Å². The summed E-state index contributed by atoms with van der Waals surface area (Å²) >= 11 is 0. The second-order valence-corrected chi connectivity index (χ2v) is 9.44. The van der Waals surface area contributed by atoms with E-state index in [-0.39, 0.29) is 6.04 Å². The predicted octanol–water partition coefficient (Wildman–Crippen LogP) is 4.37. The normalized spacial score (nSPS) is 21.6. The maximum absolute atomic E-state index is 4.61. The molecule has 1 atom stereocenters. The summed E-state index contributed by atoms with van der Waals surface area (Å²) in [6.07, 6.45) is 10.5. The molecule has 0 spiro atoms. The van der Waals surface area contributed by atoms with Crippen molar-refractivity contribution in [2.75, 3.05) is 50.0 Å². The molecule has 3 aliphatic rings. The Hall–Kier alpha value is -2.86. The summed E-state index contributed by atoms with van der Waals surface area (Å²) in [5.41, 5.74) is 7.01. The highest BCUT2D eigenvalue weighted by Crippen LogP contribution is 2.39. The minimum atomic E-state index is 0.196. The van der Waals surface area contributed by atoms with Gasteiger partial charge in [0.2, 0.25) is 0 Å². The van der Waals surface area contributed by atoms with Gasteiger partial charge in [-0.25, -0.2) is 9.97 Å². The molecular weight excluding hydrogens is 396 g/mol. The van der Waals surface area contributed by atoms with Crippen LogP contribution in [0.15, 0.2) is 55.8 Å². The number of allylic oxidation sites excluding steroid dienone is 1. The van der Waals surface area contributed by atoms with E-state index < -0.39 is 0 Å². The first-order valence-corrected chi connectivity index (χ1v) is 11.8. The van der Waals surface area contributed by atoms with Gasteiger partial charge < -0.3 is 20.0 Å². The zero-order valence-electron chi connectivity index (χ0n) is 19.1. The largest absolute Gasteiger partial charge is 0.371 e. The van der Waals surface area contributed by atoms with Gasteiger partial charge >= 0.3 is 0 Å². The van der Waals surface area contributed by atoms with Crippen LogP contribution in [-0.2, 0) is 0 Å². The van der Waals surface area contributed by atoms with Crippen molar-refractivity contribution in [3.63, 3.8) is 0 Å². The lowest BCUT2D eigenvalue weighted by Crippen LogP contribution is -2.45. The smallest absolute Gasteiger partial charge is 0.115 e. The molecule has 168 valence electrons. The maximum atomic E-state index is 4.61. The summed E-state index contributed by atoms with van der Waals surface area (Å²) in [6.45, 7) is 14.0. The second kappa shape index (κ2) is 8.94. The molecule has 6 heteroatoms. The molecule has 2 aliphatic heterocycles. The van der Waals surface area contributed by atoms with E-state index >= 15 is 0 Å². The first kappa shape index (κ1) is 21.0. The number of aromatic nitrogens is 2. The molecule has 1 aliphatic carbocycles. The van der Waals surface area contributed by atoms with Crippen molar-refractivity contribution < 1.29 is 0 Å². The fourth-order valence-corrected chi connectivity index (χ4v) is 4.96. The first-order valence-electron chi connectivity index (χ1n) is 11.8. The lowest BCUT2D eigenvalue weighted by atomic mass is 10.0. The summed E-state index contributed by atoms with van der Waals surface area (Å²) in [7, 11) is 2.18. The summed E-state index contributed by atoms with van der Waals surface area (Å²) in [5.74, 6) is 0.638. The van der Waals surface area contributed by atoms with Crippen LogP contribution in [0.3, 0.4) is 0 Å². The van der Waals surface area contributed by atoms with Gasteiger partial charge in [0.25, 0.3) is 0 Å². The Kier molecular flexibility index (Phi) is 5.87.